The standard InChI is InChI=1S/C48H54N4O14/c1-24-41(58)45(62)46(63-15-14-52-48(50)51)47(64-24)66-37-20-34-40(42(59)33(37)18-28-8-4-9-29(21-53)35(28)23-55)44(61)38-30(22-54)19-36(65-25(2)56)32(39(38)43(34)60)12-11-26-6-3-7-27(16-26)17-31(57)10-5-13-49/h3-4,6-9,11-12,16,19-20,23-24,31,41,45-47,53-54,57-59,62H,5,10,13-15,17-18,21-22,49H2,1-2H3,(H4,50,51,52)/b12-11+/t24-,31+,41+,45+,46+,47+/m0/s1. The highest BCUT2D eigenvalue weighted by molar-refractivity contribution is 6.31. The van der Waals surface area contributed by atoms with Gasteiger partial charge in [-0.15, -0.1) is 0 Å². The number of ketones is 2. The van der Waals surface area contributed by atoms with Gasteiger partial charge in [-0.1, -0.05) is 48.5 Å². The van der Waals surface area contributed by atoms with E-state index < -0.39 is 78.9 Å². The smallest absolute Gasteiger partial charge is 0.308 e. The van der Waals surface area contributed by atoms with Crippen LogP contribution < -0.4 is 26.7 Å². The number of aliphatic hydroxyl groups excluding tert-OH is 5. The fourth-order valence-corrected chi connectivity index (χ4v) is 8.18. The second-order valence-corrected chi connectivity index (χ2v) is 16.0. The van der Waals surface area contributed by atoms with Crippen molar-refractivity contribution in [3.05, 3.63) is 121 Å². The number of nitrogens with zero attached hydrogens (tertiary/aromatic N) is 1. The van der Waals surface area contributed by atoms with Gasteiger partial charge in [0.1, 0.15) is 35.6 Å². The third-order valence-corrected chi connectivity index (χ3v) is 11.4. The lowest BCUT2D eigenvalue weighted by Gasteiger charge is -2.41. The van der Waals surface area contributed by atoms with E-state index in [1.807, 2.05) is 12.1 Å². The minimum Gasteiger partial charge on any atom is -0.507 e. The summed E-state index contributed by atoms with van der Waals surface area (Å²) >= 11 is 0. The summed E-state index contributed by atoms with van der Waals surface area (Å²) in [6.45, 7) is 1.54. The van der Waals surface area contributed by atoms with Crippen molar-refractivity contribution in [1.29, 1.82) is 0 Å². The van der Waals surface area contributed by atoms with Crippen LogP contribution >= 0.6 is 0 Å². The van der Waals surface area contributed by atoms with E-state index in [0.717, 1.165) is 12.5 Å². The molecule has 12 N–H and O–H groups in total. The van der Waals surface area contributed by atoms with Crippen LogP contribution in [0, 0.1) is 0 Å². The molecule has 0 amide bonds. The van der Waals surface area contributed by atoms with Crippen LogP contribution in [0.25, 0.3) is 12.2 Å². The van der Waals surface area contributed by atoms with Gasteiger partial charge in [0.05, 0.1) is 44.1 Å². The van der Waals surface area contributed by atoms with Crippen molar-refractivity contribution in [3.8, 4) is 17.2 Å². The molecule has 350 valence electrons. The summed E-state index contributed by atoms with van der Waals surface area (Å²) in [6, 6.07) is 14.3. The number of hydrogen-bond acceptors (Lipinski definition) is 16. The molecule has 2 aliphatic rings. The Bertz CT molecular complexity index is 2540. The van der Waals surface area contributed by atoms with Gasteiger partial charge >= 0.3 is 5.97 Å². The third-order valence-electron chi connectivity index (χ3n) is 11.4. The van der Waals surface area contributed by atoms with Gasteiger partial charge in [-0.2, -0.15) is 0 Å². The van der Waals surface area contributed by atoms with Crippen molar-refractivity contribution in [3.63, 3.8) is 0 Å². The first-order valence-corrected chi connectivity index (χ1v) is 21.3. The number of hydrogen-bond donors (Lipinski definition) is 9. The molecule has 0 spiro atoms. The average molecular weight is 911 g/mol. The van der Waals surface area contributed by atoms with Gasteiger partial charge in [0.25, 0.3) is 0 Å². The largest absolute Gasteiger partial charge is 0.507 e. The van der Waals surface area contributed by atoms with Crippen LogP contribution in [0.5, 0.6) is 17.2 Å². The number of aldehydes is 1. The second kappa shape index (κ2) is 21.8. The van der Waals surface area contributed by atoms with Crippen LogP contribution in [0.1, 0.15) is 108 Å². The molecule has 0 bridgehead atoms. The Labute approximate surface area is 379 Å². The van der Waals surface area contributed by atoms with E-state index in [4.69, 9.17) is 36.1 Å². The first kappa shape index (κ1) is 49.1. The quantitative estimate of drug-likeness (QED) is 0.0108. The molecule has 0 radical (unpaired) electrons. The Hall–Kier alpha value is -6.35. The predicted molar refractivity (Wildman–Crippen MR) is 240 cm³/mol. The maximum atomic E-state index is 15.1. The fraction of sp³-hybridized carbons (Fsp3) is 0.354. The minimum atomic E-state index is -1.60. The lowest BCUT2D eigenvalue weighted by atomic mass is 9.77. The fourth-order valence-electron chi connectivity index (χ4n) is 8.18. The van der Waals surface area contributed by atoms with Gasteiger partial charge in [-0.3, -0.25) is 24.2 Å². The summed E-state index contributed by atoms with van der Waals surface area (Å²) in [5, 5.41) is 65.5. The molecule has 1 fully saturated rings. The molecule has 0 aromatic heterocycles. The summed E-state index contributed by atoms with van der Waals surface area (Å²) in [5.74, 6) is -3.86. The van der Waals surface area contributed by atoms with Crippen molar-refractivity contribution in [2.24, 2.45) is 22.2 Å². The highest BCUT2D eigenvalue weighted by Gasteiger charge is 2.46. The first-order chi connectivity index (χ1) is 31.6. The molecule has 6 rings (SSSR count). The van der Waals surface area contributed by atoms with E-state index in [1.54, 1.807) is 30.3 Å². The maximum absolute atomic E-state index is 15.1. The molecule has 1 heterocycles. The van der Waals surface area contributed by atoms with E-state index in [-0.39, 0.29) is 87.1 Å². The van der Waals surface area contributed by atoms with Gasteiger partial charge in [0, 0.05) is 46.7 Å². The molecule has 1 saturated heterocycles. The number of carbonyl (C=O) groups excluding carboxylic acids is 4. The SMILES string of the molecule is CC(=O)Oc1cc(CO)c2c(c1/C=C/c1cccc(C[C@H](O)CCCN)c1)C(=O)c1cc(O[C@H]3O[C@@H](C)[C@@H](O)[C@@H](O)[C@H]3OCCN=C(N)N)c(Cc3cccc(CO)c3C=O)c(O)c1C2=O. The van der Waals surface area contributed by atoms with Gasteiger partial charge < -0.3 is 66.8 Å². The molecule has 0 saturated carbocycles. The number of carbonyl (C=O) groups is 4. The lowest BCUT2D eigenvalue weighted by molar-refractivity contribution is -0.278. The zero-order valence-corrected chi connectivity index (χ0v) is 36.4. The Kier molecular flexibility index (Phi) is 16.2. The molecule has 6 atom stereocenters. The summed E-state index contributed by atoms with van der Waals surface area (Å²) < 4.78 is 23.8. The van der Waals surface area contributed by atoms with Crippen LogP contribution in [-0.4, -0.2) is 117 Å². The Morgan fingerprint density at radius 3 is 2.32 bits per heavy atom. The van der Waals surface area contributed by atoms with Crippen LogP contribution in [-0.2, 0) is 40.3 Å². The van der Waals surface area contributed by atoms with E-state index in [1.165, 1.54) is 31.2 Å². The number of phenolic OH excluding ortho intramolecular Hbond substituents is 1. The zero-order chi connectivity index (χ0) is 47.8. The number of guanidine groups is 1. The number of benzene rings is 4. The molecule has 4 aromatic rings. The summed E-state index contributed by atoms with van der Waals surface area (Å²) in [7, 11) is 0. The van der Waals surface area contributed by atoms with Gasteiger partial charge in [0.2, 0.25) is 6.29 Å². The van der Waals surface area contributed by atoms with Crippen molar-refractivity contribution in [2.45, 2.75) is 89.6 Å². The zero-order valence-electron chi connectivity index (χ0n) is 36.4. The minimum absolute atomic E-state index is 0.00644. The highest BCUT2D eigenvalue weighted by Crippen LogP contribution is 2.45. The molecular formula is C48H54N4O14. The molecule has 18 nitrogen and oxygen atoms in total. The maximum Gasteiger partial charge on any atom is 0.308 e. The summed E-state index contributed by atoms with van der Waals surface area (Å²) in [5.41, 5.74) is 17.0. The monoisotopic (exact) mass is 910 g/mol. The average Bonchev–Trinajstić information content (AvgIpc) is 3.28. The van der Waals surface area contributed by atoms with E-state index in [0.29, 0.717) is 37.7 Å². The molecule has 1 aliphatic heterocycles. The molecule has 1 aliphatic carbocycles. The number of aliphatic imine (C=N–C) groups is 1. The number of fused-ring (bicyclic) bond motifs is 2. The molecule has 0 unspecified atom stereocenters. The van der Waals surface area contributed by atoms with Crippen molar-refractivity contribution < 1.29 is 68.8 Å². The van der Waals surface area contributed by atoms with Gasteiger partial charge in [-0.05, 0) is 78.8 Å². The Morgan fingerprint density at radius 2 is 1.64 bits per heavy atom. The van der Waals surface area contributed by atoms with E-state index in [2.05, 4.69) is 4.99 Å². The number of ether oxygens (including phenoxy) is 4. The van der Waals surface area contributed by atoms with Crippen LogP contribution in [0.3, 0.4) is 0 Å². The molecular weight excluding hydrogens is 857 g/mol. The van der Waals surface area contributed by atoms with Gasteiger partial charge in [0.15, 0.2) is 23.8 Å². The van der Waals surface area contributed by atoms with E-state index >= 15 is 4.79 Å². The van der Waals surface area contributed by atoms with Gasteiger partial charge in [-0.25, -0.2) is 0 Å². The third kappa shape index (κ3) is 10.7. The molecule has 18 heteroatoms. The second-order valence-electron chi connectivity index (χ2n) is 16.0. The number of rotatable bonds is 19. The topological polar surface area (TPSA) is 317 Å². The van der Waals surface area contributed by atoms with Crippen molar-refractivity contribution >= 4 is 41.9 Å². The highest BCUT2D eigenvalue weighted by atomic mass is 16.7. The van der Waals surface area contributed by atoms with Crippen LogP contribution in [0.2, 0.25) is 0 Å². The van der Waals surface area contributed by atoms with Crippen LogP contribution in [0.4, 0.5) is 0 Å². The van der Waals surface area contributed by atoms with E-state index in [9.17, 15) is 45.0 Å². The number of aliphatic hydroxyl groups is 5. The Morgan fingerprint density at radius 1 is 0.909 bits per heavy atom. The molecule has 66 heavy (non-hydrogen) atoms. The van der Waals surface area contributed by atoms with Crippen molar-refractivity contribution in [2.75, 3.05) is 19.7 Å². The first-order valence-electron chi connectivity index (χ1n) is 21.3. The molecule has 4 aromatic carbocycles. The number of nitrogens with two attached hydrogens (primary N) is 3. The number of phenols is 1. The van der Waals surface area contributed by atoms with Crippen molar-refractivity contribution in [1.82, 2.24) is 0 Å². The Balaban J connectivity index is 1.53. The number of esters is 1. The van der Waals surface area contributed by atoms with Crippen LogP contribution in [0.15, 0.2) is 59.6 Å². The normalized spacial score (nSPS) is 19.5. The summed E-state index contributed by atoms with van der Waals surface area (Å²) in [6.07, 6.45) is -2.86. The predicted octanol–water partition coefficient (Wildman–Crippen LogP) is 1.80. The number of aromatic hydroxyl groups is 1. The lowest BCUT2D eigenvalue weighted by Crippen LogP contribution is -2.59. The summed E-state index contributed by atoms with van der Waals surface area (Å²) in [4.78, 5) is 58.7.